The number of nitrogens with one attached hydrogen (secondary N) is 1. The van der Waals surface area contributed by atoms with E-state index in [0.29, 0.717) is 19.4 Å². The molecule has 0 aliphatic rings. The molecule has 0 bridgehead atoms. The summed E-state index contributed by atoms with van der Waals surface area (Å²) >= 11 is 0. The van der Waals surface area contributed by atoms with E-state index in [1.807, 2.05) is 6.08 Å². The van der Waals surface area contributed by atoms with Crippen molar-refractivity contribution in [2.24, 2.45) is 0 Å². The summed E-state index contributed by atoms with van der Waals surface area (Å²) in [6, 6.07) is -0.627. The van der Waals surface area contributed by atoms with Crippen molar-refractivity contribution < 1.29 is 24.5 Å². The van der Waals surface area contributed by atoms with Crippen LogP contribution in [0.1, 0.15) is 303 Å². The third-order valence-electron chi connectivity index (χ3n) is 13.3. The number of ether oxygens (including phenoxy) is 1. The Balaban J connectivity index is 3.39. The molecule has 3 N–H and O–H groups in total. The number of unbranched alkanes of at least 4 members (excludes halogenated alkanes) is 37. The van der Waals surface area contributed by atoms with Crippen LogP contribution in [0.4, 0.5) is 0 Å². The van der Waals surface area contributed by atoms with Crippen LogP contribution in [0.5, 0.6) is 0 Å². The van der Waals surface area contributed by atoms with Crippen LogP contribution in [0.2, 0.25) is 0 Å². The topological polar surface area (TPSA) is 95.9 Å². The first kappa shape index (κ1) is 64.8. The quantitative estimate of drug-likeness (QED) is 0.0321. The number of hydrogen-bond acceptors (Lipinski definition) is 5. The van der Waals surface area contributed by atoms with Crippen LogP contribution in [-0.4, -0.2) is 47.4 Å². The number of carbonyl (C=O) groups is 2. The van der Waals surface area contributed by atoms with Gasteiger partial charge in [-0.2, -0.15) is 0 Å². The maximum absolute atomic E-state index is 12.4. The van der Waals surface area contributed by atoms with Gasteiger partial charge < -0.3 is 20.3 Å². The van der Waals surface area contributed by atoms with E-state index >= 15 is 0 Å². The van der Waals surface area contributed by atoms with Gasteiger partial charge in [-0.1, -0.05) is 249 Å². The Morgan fingerprint density at radius 3 is 1.18 bits per heavy atom. The third kappa shape index (κ3) is 53.0. The molecular weight excluding hydrogens is 827 g/mol. The molecule has 0 aliphatic heterocycles. The van der Waals surface area contributed by atoms with Gasteiger partial charge in [-0.25, -0.2) is 0 Å². The number of carbonyl (C=O) groups excluding carboxylic acids is 2. The molecule has 6 heteroatoms. The van der Waals surface area contributed by atoms with Gasteiger partial charge in [0, 0.05) is 12.8 Å². The molecule has 0 rings (SSSR count). The average Bonchev–Trinajstić information content (AvgIpc) is 3.33. The highest BCUT2D eigenvalue weighted by Crippen LogP contribution is 2.16. The first-order valence-corrected chi connectivity index (χ1v) is 29.4. The standard InChI is InChI=1S/C61H113NO5/c1-3-5-7-9-11-13-14-15-28-32-35-39-43-47-51-55-61(66)67-56-52-48-44-40-36-33-30-27-25-23-21-19-17-16-18-20-22-24-26-29-31-34-38-42-46-50-54-60(65)62-58(57-63)59(64)53-49-45-41-37-12-10-8-6-4-2/h11,13,15-16,18,28,49,53,58-59,63-64H,3-10,12,14,17,19-27,29-48,50-52,54-57H2,1-2H3,(H,62,65)/b13-11-,18-16-,28-15-,53-49+. The Hall–Kier alpha value is -2.18. The fourth-order valence-electron chi connectivity index (χ4n) is 8.78. The molecule has 6 nitrogen and oxygen atoms in total. The average molecular weight is 941 g/mol. The highest BCUT2D eigenvalue weighted by molar-refractivity contribution is 5.76. The zero-order valence-electron chi connectivity index (χ0n) is 44.6. The Morgan fingerprint density at radius 1 is 0.418 bits per heavy atom. The van der Waals surface area contributed by atoms with E-state index in [-0.39, 0.29) is 18.5 Å². The summed E-state index contributed by atoms with van der Waals surface area (Å²) < 4.78 is 5.47. The SMILES string of the molecule is CCCCC/C=C\C/C=C\CCCCCCCC(=O)OCCCCCCCCCCCCCC/C=C\CCCCCCCCCCCCC(=O)NC(CO)C(O)/C=C/CCCCCCCCC. The highest BCUT2D eigenvalue weighted by Gasteiger charge is 2.18. The predicted molar refractivity (Wildman–Crippen MR) is 292 cm³/mol. The summed E-state index contributed by atoms with van der Waals surface area (Å²) in [5, 5.41) is 22.9. The minimum Gasteiger partial charge on any atom is -0.466 e. The molecule has 1 amide bonds. The minimum atomic E-state index is -0.844. The van der Waals surface area contributed by atoms with Crippen molar-refractivity contribution in [1.82, 2.24) is 5.32 Å². The van der Waals surface area contributed by atoms with Gasteiger partial charge in [-0.05, 0) is 89.9 Å². The van der Waals surface area contributed by atoms with Crippen LogP contribution in [-0.2, 0) is 14.3 Å². The summed E-state index contributed by atoms with van der Waals surface area (Å²) in [4.78, 5) is 24.4. The smallest absolute Gasteiger partial charge is 0.305 e. The minimum absolute atomic E-state index is 0.000811. The maximum atomic E-state index is 12.4. The number of hydrogen-bond donors (Lipinski definition) is 3. The summed E-state index contributed by atoms with van der Waals surface area (Å²) in [5.41, 5.74) is 0. The van der Waals surface area contributed by atoms with Crippen molar-refractivity contribution in [1.29, 1.82) is 0 Å². The van der Waals surface area contributed by atoms with E-state index in [1.165, 1.54) is 225 Å². The maximum Gasteiger partial charge on any atom is 0.305 e. The number of allylic oxidation sites excluding steroid dienone is 7. The fourth-order valence-corrected chi connectivity index (χ4v) is 8.78. The van der Waals surface area contributed by atoms with Gasteiger partial charge in [-0.15, -0.1) is 0 Å². The molecule has 0 spiro atoms. The zero-order chi connectivity index (χ0) is 48.6. The van der Waals surface area contributed by atoms with Gasteiger partial charge in [0.25, 0.3) is 0 Å². The molecule has 0 aliphatic carbocycles. The molecule has 0 saturated heterocycles. The predicted octanol–water partition coefficient (Wildman–Crippen LogP) is 18.2. The molecule has 0 fully saturated rings. The molecule has 0 radical (unpaired) electrons. The van der Waals surface area contributed by atoms with E-state index in [9.17, 15) is 19.8 Å². The van der Waals surface area contributed by atoms with Gasteiger partial charge in [0.15, 0.2) is 0 Å². The molecule has 392 valence electrons. The van der Waals surface area contributed by atoms with Crippen LogP contribution < -0.4 is 5.32 Å². The second-order valence-electron chi connectivity index (χ2n) is 20.0. The lowest BCUT2D eigenvalue weighted by Crippen LogP contribution is -2.45. The molecule has 0 saturated carbocycles. The van der Waals surface area contributed by atoms with Crippen molar-refractivity contribution in [2.75, 3.05) is 13.2 Å². The lowest BCUT2D eigenvalue weighted by Gasteiger charge is -2.20. The lowest BCUT2D eigenvalue weighted by atomic mass is 10.0. The second-order valence-corrected chi connectivity index (χ2v) is 20.0. The van der Waals surface area contributed by atoms with E-state index in [4.69, 9.17) is 4.74 Å². The van der Waals surface area contributed by atoms with E-state index in [0.717, 1.165) is 51.4 Å². The molecule has 0 aromatic carbocycles. The van der Waals surface area contributed by atoms with Gasteiger partial charge in [0.2, 0.25) is 5.91 Å². The number of amides is 1. The number of aliphatic hydroxyl groups excluding tert-OH is 2. The Bertz CT molecular complexity index is 1130. The summed E-state index contributed by atoms with van der Waals surface area (Å²) in [7, 11) is 0. The second kappa shape index (κ2) is 56.4. The van der Waals surface area contributed by atoms with Crippen LogP contribution in [0, 0.1) is 0 Å². The molecule has 2 unspecified atom stereocenters. The molecular formula is C61H113NO5. The first-order chi connectivity index (χ1) is 33.0. The Labute approximate surface area is 416 Å². The zero-order valence-corrected chi connectivity index (χ0v) is 44.6. The number of esters is 1. The molecule has 0 heterocycles. The molecule has 2 atom stereocenters. The van der Waals surface area contributed by atoms with Crippen LogP contribution in [0.15, 0.2) is 48.6 Å². The molecule has 0 aromatic heterocycles. The third-order valence-corrected chi connectivity index (χ3v) is 13.3. The number of rotatable bonds is 54. The monoisotopic (exact) mass is 940 g/mol. The van der Waals surface area contributed by atoms with Crippen LogP contribution >= 0.6 is 0 Å². The largest absolute Gasteiger partial charge is 0.466 e. The summed E-state index contributed by atoms with van der Waals surface area (Å²) in [5.74, 6) is -0.0739. The normalized spacial score (nSPS) is 13.0. The first-order valence-electron chi connectivity index (χ1n) is 29.4. The van der Waals surface area contributed by atoms with Gasteiger partial charge in [-0.3, -0.25) is 9.59 Å². The van der Waals surface area contributed by atoms with Gasteiger partial charge in [0.05, 0.1) is 25.4 Å². The molecule has 0 aromatic rings. The van der Waals surface area contributed by atoms with Crippen molar-refractivity contribution in [3.63, 3.8) is 0 Å². The lowest BCUT2D eigenvalue weighted by molar-refractivity contribution is -0.143. The van der Waals surface area contributed by atoms with E-state index < -0.39 is 12.1 Å². The summed E-state index contributed by atoms with van der Waals surface area (Å²) in [6.07, 6.45) is 71.5. The Morgan fingerprint density at radius 2 is 0.746 bits per heavy atom. The highest BCUT2D eigenvalue weighted by atomic mass is 16.5. The van der Waals surface area contributed by atoms with Gasteiger partial charge in [0.1, 0.15) is 0 Å². The van der Waals surface area contributed by atoms with E-state index in [1.54, 1.807) is 6.08 Å². The Kier molecular flexibility index (Phi) is 54.6. The van der Waals surface area contributed by atoms with Crippen LogP contribution in [0.3, 0.4) is 0 Å². The van der Waals surface area contributed by atoms with E-state index in [2.05, 4.69) is 55.6 Å². The van der Waals surface area contributed by atoms with Crippen molar-refractivity contribution in [3.05, 3.63) is 48.6 Å². The van der Waals surface area contributed by atoms with Crippen LogP contribution in [0.25, 0.3) is 0 Å². The number of aliphatic hydroxyl groups is 2. The van der Waals surface area contributed by atoms with Crippen molar-refractivity contribution >= 4 is 11.9 Å². The van der Waals surface area contributed by atoms with Gasteiger partial charge >= 0.3 is 5.97 Å². The molecule has 67 heavy (non-hydrogen) atoms. The summed E-state index contributed by atoms with van der Waals surface area (Å²) in [6.45, 7) is 4.84. The fraction of sp³-hybridized carbons (Fsp3) is 0.836. The van der Waals surface area contributed by atoms with Crippen molar-refractivity contribution in [2.45, 2.75) is 315 Å². The van der Waals surface area contributed by atoms with Crippen molar-refractivity contribution in [3.8, 4) is 0 Å².